The van der Waals surface area contributed by atoms with Crippen LogP contribution < -0.4 is 5.32 Å². The van der Waals surface area contributed by atoms with Gasteiger partial charge in [0, 0.05) is 18.0 Å². The van der Waals surface area contributed by atoms with Gasteiger partial charge in [-0.1, -0.05) is 24.3 Å². The van der Waals surface area contributed by atoms with Gasteiger partial charge in [-0.15, -0.1) is 11.3 Å². The summed E-state index contributed by atoms with van der Waals surface area (Å²) in [5, 5.41) is 15.6. The van der Waals surface area contributed by atoms with Gasteiger partial charge in [0.25, 0.3) is 0 Å². The van der Waals surface area contributed by atoms with Crippen molar-refractivity contribution in [2.75, 3.05) is 6.54 Å². The zero-order valence-electron chi connectivity index (χ0n) is 12.8. The first kappa shape index (κ1) is 14.4. The Hall–Kier alpha value is -1.23. The number of aliphatic hydroxyl groups is 1. The Bertz CT molecular complexity index is 660. The lowest BCUT2D eigenvalue weighted by atomic mass is 9.79. The van der Waals surface area contributed by atoms with Gasteiger partial charge in [-0.25, -0.2) is 4.98 Å². The second kappa shape index (κ2) is 5.76. The minimum absolute atomic E-state index is 0.605. The summed E-state index contributed by atoms with van der Waals surface area (Å²) in [6.45, 7) is 1.37. The van der Waals surface area contributed by atoms with Crippen molar-refractivity contribution in [3.8, 4) is 0 Å². The quantitative estimate of drug-likeness (QED) is 0.912. The summed E-state index contributed by atoms with van der Waals surface area (Å²) in [7, 11) is 0. The third-order valence-electron chi connectivity index (χ3n) is 4.89. The van der Waals surface area contributed by atoms with Gasteiger partial charge >= 0.3 is 0 Å². The average molecular weight is 314 g/mol. The molecular formula is C18H22N2OS. The van der Waals surface area contributed by atoms with Crippen LogP contribution >= 0.6 is 11.3 Å². The Morgan fingerprint density at radius 2 is 2.09 bits per heavy atom. The lowest BCUT2D eigenvalue weighted by Gasteiger charge is -2.34. The van der Waals surface area contributed by atoms with Gasteiger partial charge in [-0.05, 0) is 49.7 Å². The highest BCUT2D eigenvalue weighted by molar-refractivity contribution is 7.11. The van der Waals surface area contributed by atoms with Crippen LogP contribution in [-0.2, 0) is 31.4 Å². The van der Waals surface area contributed by atoms with E-state index in [1.807, 2.05) is 17.4 Å². The molecule has 0 fully saturated rings. The van der Waals surface area contributed by atoms with E-state index in [-0.39, 0.29) is 0 Å². The molecule has 0 aliphatic heterocycles. The Morgan fingerprint density at radius 3 is 3.00 bits per heavy atom. The predicted molar refractivity (Wildman–Crippen MR) is 89.1 cm³/mol. The Balaban J connectivity index is 1.43. The van der Waals surface area contributed by atoms with E-state index in [1.165, 1.54) is 29.0 Å². The molecule has 116 valence electrons. The van der Waals surface area contributed by atoms with Gasteiger partial charge in [0.15, 0.2) is 0 Å². The van der Waals surface area contributed by atoms with Crippen LogP contribution in [0.2, 0.25) is 0 Å². The molecule has 2 N–H and O–H groups in total. The van der Waals surface area contributed by atoms with Crippen molar-refractivity contribution in [3.63, 3.8) is 0 Å². The maximum Gasteiger partial charge on any atom is 0.107 e. The first-order valence-corrected chi connectivity index (χ1v) is 9.05. The van der Waals surface area contributed by atoms with E-state index in [0.29, 0.717) is 6.54 Å². The smallest absolute Gasteiger partial charge is 0.107 e. The first-order valence-electron chi connectivity index (χ1n) is 8.23. The highest BCUT2D eigenvalue weighted by Gasteiger charge is 2.33. The van der Waals surface area contributed by atoms with E-state index in [2.05, 4.69) is 23.5 Å². The molecule has 2 aliphatic rings. The number of nitrogens with zero attached hydrogens (tertiary/aromatic N) is 1. The van der Waals surface area contributed by atoms with Crippen LogP contribution in [0.5, 0.6) is 0 Å². The molecule has 1 unspecified atom stereocenters. The van der Waals surface area contributed by atoms with Crippen LogP contribution in [0.3, 0.4) is 0 Å². The second-order valence-corrected chi connectivity index (χ2v) is 7.65. The maximum atomic E-state index is 11.0. The van der Waals surface area contributed by atoms with Crippen molar-refractivity contribution in [3.05, 3.63) is 51.0 Å². The van der Waals surface area contributed by atoms with E-state index in [4.69, 9.17) is 4.98 Å². The summed E-state index contributed by atoms with van der Waals surface area (Å²) in [5.41, 5.74) is 2.99. The van der Waals surface area contributed by atoms with Crippen molar-refractivity contribution in [2.45, 2.75) is 50.7 Å². The predicted octanol–water partition coefficient (Wildman–Crippen LogP) is 2.95. The van der Waals surface area contributed by atoms with Crippen molar-refractivity contribution in [1.82, 2.24) is 10.3 Å². The molecule has 1 aromatic heterocycles. The van der Waals surface area contributed by atoms with Gasteiger partial charge in [-0.2, -0.15) is 0 Å². The van der Waals surface area contributed by atoms with Gasteiger partial charge in [-0.3, -0.25) is 0 Å². The summed E-state index contributed by atoms with van der Waals surface area (Å²) in [6, 6.07) is 8.31. The lowest BCUT2D eigenvalue weighted by molar-refractivity contribution is 0.0189. The molecule has 0 saturated heterocycles. The summed E-state index contributed by atoms with van der Waals surface area (Å²) >= 11 is 1.84. The standard InChI is InChI=1S/C18H22N2OS/c21-18(10-4-6-13-5-1-2-7-14(13)18)12-19-11-17-20-15-8-3-9-16(15)22-17/h1-2,5,7,19,21H,3-4,6,8-12H2. The van der Waals surface area contributed by atoms with Gasteiger partial charge in [0.1, 0.15) is 10.6 Å². The van der Waals surface area contributed by atoms with Crippen molar-refractivity contribution < 1.29 is 5.11 Å². The maximum absolute atomic E-state index is 11.0. The zero-order valence-corrected chi connectivity index (χ0v) is 13.6. The molecule has 0 spiro atoms. The molecule has 0 bridgehead atoms. The van der Waals surface area contributed by atoms with Crippen molar-refractivity contribution >= 4 is 11.3 Å². The van der Waals surface area contributed by atoms with Crippen LogP contribution in [0.25, 0.3) is 0 Å². The molecule has 2 aromatic rings. The number of benzene rings is 1. The van der Waals surface area contributed by atoms with Gasteiger partial charge in [0.05, 0.1) is 5.69 Å². The minimum Gasteiger partial charge on any atom is -0.384 e. The highest BCUT2D eigenvalue weighted by atomic mass is 32.1. The molecule has 3 nitrogen and oxygen atoms in total. The molecular weight excluding hydrogens is 292 g/mol. The highest BCUT2D eigenvalue weighted by Crippen LogP contribution is 2.35. The Morgan fingerprint density at radius 1 is 1.18 bits per heavy atom. The van der Waals surface area contributed by atoms with E-state index < -0.39 is 5.60 Å². The number of fused-ring (bicyclic) bond motifs is 2. The van der Waals surface area contributed by atoms with Crippen LogP contribution in [0.15, 0.2) is 24.3 Å². The van der Waals surface area contributed by atoms with Crippen molar-refractivity contribution in [1.29, 1.82) is 0 Å². The van der Waals surface area contributed by atoms with Crippen LogP contribution in [0.4, 0.5) is 0 Å². The van der Waals surface area contributed by atoms with E-state index >= 15 is 0 Å². The first-order chi connectivity index (χ1) is 10.7. The SMILES string of the molecule is OC1(CNCc2nc3c(s2)CCC3)CCCc2ccccc21. The number of nitrogens with one attached hydrogen (secondary N) is 1. The number of rotatable bonds is 4. The number of thiazole rings is 1. The lowest BCUT2D eigenvalue weighted by Crippen LogP contribution is -2.40. The summed E-state index contributed by atoms with van der Waals surface area (Å²) in [6.07, 6.45) is 6.58. The fourth-order valence-electron chi connectivity index (χ4n) is 3.78. The summed E-state index contributed by atoms with van der Waals surface area (Å²) in [5.74, 6) is 0. The summed E-state index contributed by atoms with van der Waals surface area (Å²) < 4.78 is 0. The van der Waals surface area contributed by atoms with Gasteiger partial charge in [0.2, 0.25) is 0 Å². The number of hydrogen-bond acceptors (Lipinski definition) is 4. The molecule has 4 rings (SSSR count). The molecule has 0 radical (unpaired) electrons. The number of hydrogen-bond donors (Lipinski definition) is 2. The topological polar surface area (TPSA) is 45.1 Å². The van der Waals surface area contributed by atoms with E-state index in [0.717, 1.165) is 42.8 Å². The van der Waals surface area contributed by atoms with Crippen LogP contribution in [0, 0.1) is 0 Å². The molecule has 4 heteroatoms. The molecule has 0 amide bonds. The minimum atomic E-state index is -0.727. The molecule has 1 atom stereocenters. The number of aromatic nitrogens is 1. The molecule has 22 heavy (non-hydrogen) atoms. The Kier molecular flexibility index (Phi) is 3.76. The van der Waals surface area contributed by atoms with E-state index in [9.17, 15) is 5.11 Å². The zero-order chi connectivity index (χ0) is 15.0. The normalized spacial score (nSPS) is 23.3. The van der Waals surface area contributed by atoms with Crippen LogP contribution in [-0.4, -0.2) is 16.6 Å². The van der Waals surface area contributed by atoms with E-state index in [1.54, 1.807) is 0 Å². The third-order valence-corrected chi connectivity index (χ3v) is 6.05. The average Bonchev–Trinajstić information content (AvgIpc) is 3.09. The summed E-state index contributed by atoms with van der Waals surface area (Å²) in [4.78, 5) is 6.19. The van der Waals surface area contributed by atoms with Gasteiger partial charge < -0.3 is 10.4 Å². The molecule has 1 aromatic carbocycles. The fourth-order valence-corrected chi connectivity index (χ4v) is 4.90. The molecule has 2 aliphatic carbocycles. The number of aryl methyl sites for hydroxylation is 3. The van der Waals surface area contributed by atoms with Crippen LogP contribution in [0.1, 0.15) is 46.0 Å². The Labute approximate surface area is 135 Å². The fraction of sp³-hybridized carbons (Fsp3) is 0.500. The molecule has 1 heterocycles. The second-order valence-electron chi connectivity index (χ2n) is 6.48. The third kappa shape index (κ3) is 2.60. The van der Waals surface area contributed by atoms with Crippen molar-refractivity contribution in [2.24, 2.45) is 0 Å². The molecule has 0 saturated carbocycles. The largest absolute Gasteiger partial charge is 0.384 e. The monoisotopic (exact) mass is 314 g/mol.